The number of aryl methyl sites for hydroxylation is 1. The Labute approximate surface area is 141 Å². The number of halogens is 1. The zero-order valence-electron chi connectivity index (χ0n) is 12.6. The molecule has 1 saturated heterocycles. The molecule has 3 rings (SSSR count). The number of carbonyl (C=O) groups is 2. The monoisotopic (exact) mass is 377 g/mol. The molecule has 1 unspecified atom stereocenters. The molecule has 2 aromatic rings. The van der Waals surface area contributed by atoms with E-state index >= 15 is 0 Å². The van der Waals surface area contributed by atoms with Gasteiger partial charge in [0.25, 0.3) is 5.91 Å². The van der Waals surface area contributed by atoms with Crippen molar-refractivity contribution in [3.8, 4) is 5.69 Å². The number of carboxylic acid groups (broad SMARTS) is 1. The number of rotatable bonds is 3. The number of likely N-dealkylation sites (tertiary alicyclic amines) is 1. The summed E-state index contributed by atoms with van der Waals surface area (Å²) in [7, 11) is 0. The summed E-state index contributed by atoms with van der Waals surface area (Å²) in [6.07, 6.45) is 2.88. The third-order valence-electron chi connectivity index (χ3n) is 4.02. The van der Waals surface area contributed by atoms with E-state index in [1.165, 1.54) is 4.90 Å². The average Bonchev–Trinajstić information content (AvgIpc) is 3.14. The first-order chi connectivity index (χ1) is 11.0. The largest absolute Gasteiger partial charge is 0.480 e. The quantitative estimate of drug-likeness (QED) is 0.891. The van der Waals surface area contributed by atoms with E-state index < -0.39 is 12.0 Å². The van der Waals surface area contributed by atoms with Gasteiger partial charge in [-0.3, -0.25) is 4.79 Å². The SMILES string of the molecule is Cc1nn(-c2ccc(Br)cc2)cc1C(=O)N1CCCC1C(=O)O. The topological polar surface area (TPSA) is 75.4 Å². The van der Waals surface area contributed by atoms with Crippen LogP contribution in [0.1, 0.15) is 28.9 Å². The minimum absolute atomic E-state index is 0.268. The maximum absolute atomic E-state index is 12.7. The van der Waals surface area contributed by atoms with Crippen LogP contribution in [0.2, 0.25) is 0 Å². The zero-order valence-corrected chi connectivity index (χ0v) is 14.2. The van der Waals surface area contributed by atoms with Gasteiger partial charge in [-0.05, 0) is 44.0 Å². The van der Waals surface area contributed by atoms with Gasteiger partial charge in [-0.25, -0.2) is 9.48 Å². The summed E-state index contributed by atoms with van der Waals surface area (Å²) in [5.74, 6) is -1.22. The summed E-state index contributed by atoms with van der Waals surface area (Å²) >= 11 is 3.38. The Balaban J connectivity index is 1.90. The lowest BCUT2D eigenvalue weighted by molar-refractivity contribution is -0.141. The van der Waals surface area contributed by atoms with Crippen molar-refractivity contribution in [2.45, 2.75) is 25.8 Å². The molecule has 6 nitrogen and oxygen atoms in total. The number of carbonyl (C=O) groups excluding carboxylic acids is 1. The molecule has 0 saturated carbocycles. The Hall–Kier alpha value is -2.15. The van der Waals surface area contributed by atoms with Gasteiger partial charge in [-0.1, -0.05) is 15.9 Å². The van der Waals surface area contributed by atoms with Crippen molar-refractivity contribution in [2.24, 2.45) is 0 Å². The first-order valence-electron chi connectivity index (χ1n) is 7.33. The third kappa shape index (κ3) is 3.01. The van der Waals surface area contributed by atoms with Crippen LogP contribution in [0.5, 0.6) is 0 Å². The van der Waals surface area contributed by atoms with Gasteiger partial charge in [0.1, 0.15) is 6.04 Å². The second kappa shape index (κ2) is 6.16. The number of hydrogen-bond donors (Lipinski definition) is 1. The predicted molar refractivity (Wildman–Crippen MR) is 87.7 cm³/mol. The Morgan fingerprint density at radius 3 is 2.65 bits per heavy atom. The van der Waals surface area contributed by atoms with Crippen molar-refractivity contribution in [3.05, 3.63) is 46.2 Å². The van der Waals surface area contributed by atoms with Crippen LogP contribution in [0.3, 0.4) is 0 Å². The van der Waals surface area contributed by atoms with Crippen LogP contribution in [0.25, 0.3) is 5.69 Å². The number of nitrogens with zero attached hydrogens (tertiary/aromatic N) is 3. The molecule has 0 spiro atoms. The molecule has 1 aliphatic rings. The van der Waals surface area contributed by atoms with E-state index in [0.29, 0.717) is 30.6 Å². The van der Waals surface area contributed by atoms with Gasteiger partial charge >= 0.3 is 5.97 Å². The Kier molecular flexibility index (Phi) is 4.21. The van der Waals surface area contributed by atoms with Gasteiger partial charge < -0.3 is 10.0 Å². The highest BCUT2D eigenvalue weighted by Crippen LogP contribution is 2.22. The number of hydrogen-bond acceptors (Lipinski definition) is 3. The van der Waals surface area contributed by atoms with Crippen LogP contribution < -0.4 is 0 Å². The highest BCUT2D eigenvalue weighted by molar-refractivity contribution is 9.10. The normalized spacial score (nSPS) is 17.5. The van der Waals surface area contributed by atoms with E-state index in [1.54, 1.807) is 17.8 Å². The maximum Gasteiger partial charge on any atom is 0.326 e. The van der Waals surface area contributed by atoms with Gasteiger partial charge in [0.05, 0.1) is 16.9 Å². The lowest BCUT2D eigenvalue weighted by Crippen LogP contribution is -2.40. The molecule has 0 bridgehead atoms. The number of amides is 1. The van der Waals surface area contributed by atoms with Crippen molar-refractivity contribution in [1.82, 2.24) is 14.7 Å². The van der Waals surface area contributed by atoms with Crippen molar-refractivity contribution in [1.29, 1.82) is 0 Å². The molecule has 1 aromatic carbocycles. The summed E-state index contributed by atoms with van der Waals surface area (Å²) in [6.45, 7) is 2.23. The van der Waals surface area contributed by atoms with E-state index in [0.717, 1.165) is 10.2 Å². The predicted octanol–water partition coefficient (Wildman–Crippen LogP) is 2.63. The number of benzene rings is 1. The van der Waals surface area contributed by atoms with Crippen LogP contribution in [0, 0.1) is 6.92 Å². The highest BCUT2D eigenvalue weighted by Gasteiger charge is 2.35. The van der Waals surface area contributed by atoms with E-state index in [2.05, 4.69) is 21.0 Å². The van der Waals surface area contributed by atoms with Crippen LogP contribution >= 0.6 is 15.9 Å². The van der Waals surface area contributed by atoms with Crippen LogP contribution in [-0.2, 0) is 4.79 Å². The molecular weight excluding hydrogens is 362 g/mol. The molecule has 1 N–H and O–H groups in total. The lowest BCUT2D eigenvalue weighted by atomic mass is 10.2. The zero-order chi connectivity index (χ0) is 16.6. The fourth-order valence-corrected chi connectivity index (χ4v) is 3.08. The summed E-state index contributed by atoms with van der Waals surface area (Å²) in [4.78, 5) is 25.4. The van der Waals surface area contributed by atoms with Crippen LogP contribution in [-0.4, -0.2) is 44.3 Å². The van der Waals surface area contributed by atoms with Crippen molar-refractivity contribution in [2.75, 3.05) is 6.54 Å². The number of aromatic nitrogens is 2. The Morgan fingerprint density at radius 1 is 1.30 bits per heavy atom. The number of aliphatic carboxylic acids is 1. The average molecular weight is 378 g/mol. The van der Waals surface area contributed by atoms with Crippen LogP contribution in [0.4, 0.5) is 0 Å². The molecule has 1 amide bonds. The molecule has 1 aliphatic heterocycles. The van der Waals surface area contributed by atoms with E-state index in [4.69, 9.17) is 0 Å². The fourth-order valence-electron chi connectivity index (χ4n) is 2.82. The molecule has 1 aromatic heterocycles. The second-order valence-corrected chi connectivity index (χ2v) is 6.46. The van der Waals surface area contributed by atoms with Gasteiger partial charge in [-0.2, -0.15) is 5.10 Å². The summed E-state index contributed by atoms with van der Waals surface area (Å²) in [6, 6.07) is 6.84. The third-order valence-corrected chi connectivity index (χ3v) is 4.55. The molecular formula is C16H16BrN3O3. The molecule has 2 heterocycles. The van der Waals surface area contributed by atoms with Crippen LogP contribution in [0.15, 0.2) is 34.9 Å². The molecule has 23 heavy (non-hydrogen) atoms. The minimum atomic E-state index is -0.950. The fraction of sp³-hybridized carbons (Fsp3) is 0.312. The highest BCUT2D eigenvalue weighted by atomic mass is 79.9. The minimum Gasteiger partial charge on any atom is -0.480 e. The van der Waals surface area contributed by atoms with Gasteiger partial charge in [0, 0.05) is 17.2 Å². The first kappa shape index (κ1) is 15.7. The van der Waals surface area contributed by atoms with Gasteiger partial charge in [-0.15, -0.1) is 0 Å². The van der Waals surface area contributed by atoms with Gasteiger partial charge in [0.2, 0.25) is 0 Å². The summed E-state index contributed by atoms with van der Waals surface area (Å²) in [5, 5.41) is 13.6. The summed E-state index contributed by atoms with van der Waals surface area (Å²) < 4.78 is 2.60. The standard InChI is InChI=1S/C16H16BrN3O3/c1-10-13(15(21)19-8-2-3-14(19)16(22)23)9-20(18-10)12-6-4-11(17)5-7-12/h4-7,9,14H,2-3,8H2,1H3,(H,22,23). The molecule has 1 atom stereocenters. The summed E-state index contributed by atoms with van der Waals surface area (Å²) in [5.41, 5.74) is 1.88. The van der Waals surface area contributed by atoms with Crippen molar-refractivity contribution < 1.29 is 14.7 Å². The molecule has 1 fully saturated rings. The van der Waals surface area contributed by atoms with E-state index in [9.17, 15) is 14.7 Å². The van der Waals surface area contributed by atoms with Crippen molar-refractivity contribution >= 4 is 27.8 Å². The maximum atomic E-state index is 12.7. The number of carboxylic acids is 1. The Bertz CT molecular complexity index is 754. The Morgan fingerprint density at radius 2 is 2.00 bits per heavy atom. The molecule has 0 radical (unpaired) electrons. The lowest BCUT2D eigenvalue weighted by Gasteiger charge is -2.20. The first-order valence-corrected chi connectivity index (χ1v) is 8.12. The van der Waals surface area contributed by atoms with Gasteiger partial charge in [0.15, 0.2) is 0 Å². The molecule has 0 aliphatic carbocycles. The van der Waals surface area contributed by atoms with E-state index in [1.807, 2.05) is 24.3 Å². The molecule has 120 valence electrons. The smallest absolute Gasteiger partial charge is 0.326 e. The van der Waals surface area contributed by atoms with E-state index in [-0.39, 0.29) is 5.91 Å². The van der Waals surface area contributed by atoms with Crippen molar-refractivity contribution in [3.63, 3.8) is 0 Å². The molecule has 7 heteroatoms. The second-order valence-electron chi connectivity index (χ2n) is 5.54.